The van der Waals surface area contributed by atoms with Gasteiger partial charge in [-0.15, -0.1) is 0 Å². The van der Waals surface area contributed by atoms with Crippen molar-refractivity contribution in [3.63, 3.8) is 0 Å². The van der Waals surface area contributed by atoms with E-state index in [2.05, 4.69) is 4.74 Å². The molecule has 0 unspecified atom stereocenters. The number of nitrogens with zero attached hydrogens (tertiary/aromatic N) is 1. The van der Waals surface area contributed by atoms with Crippen LogP contribution < -0.4 is 0 Å². The fourth-order valence-electron chi connectivity index (χ4n) is 2.18. The molecule has 0 aliphatic rings. The Hall–Kier alpha value is -2.10. The molecule has 0 radical (unpaired) electrons. The van der Waals surface area contributed by atoms with Crippen LogP contribution in [0.5, 0.6) is 0 Å². The van der Waals surface area contributed by atoms with Crippen LogP contribution in [0.15, 0.2) is 18.3 Å². The Morgan fingerprint density at radius 3 is 2.50 bits per heavy atom. The Kier molecular flexibility index (Phi) is 2.95. The summed E-state index contributed by atoms with van der Waals surface area (Å²) in [4.78, 5) is 23.2. The molecule has 0 amide bonds. The topological polar surface area (TPSA) is 48.3 Å². The van der Waals surface area contributed by atoms with Crippen molar-refractivity contribution in [2.45, 2.75) is 13.8 Å². The normalized spacial score (nSPS) is 10.7. The van der Waals surface area contributed by atoms with Crippen LogP contribution >= 0.6 is 0 Å². The number of hydrogen-bond acceptors (Lipinski definition) is 3. The van der Waals surface area contributed by atoms with E-state index in [-0.39, 0.29) is 0 Å². The van der Waals surface area contributed by atoms with Crippen molar-refractivity contribution >= 4 is 22.7 Å². The van der Waals surface area contributed by atoms with Gasteiger partial charge in [-0.2, -0.15) is 0 Å². The predicted octanol–water partition coefficient (Wildman–Crippen LogP) is 2.15. The number of carbonyl (C=O) groups excluding carboxylic acids is 2. The van der Waals surface area contributed by atoms with Crippen molar-refractivity contribution < 1.29 is 14.3 Å². The minimum Gasteiger partial charge on any atom is -0.463 e. The number of carbonyl (C=O) groups is 2. The summed E-state index contributed by atoms with van der Waals surface area (Å²) in [5, 5.41) is 0.788. The average molecular weight is 245 g/mol. The van der Waals surface area contributed by atoms with Crippen molar-refractivity contribution in [2.24, 2.45) is 7.05 Å². The lowest BCUT2D eigenvalue weighted by atomic mass is 10.0. The van der Waals surface area contributed by atoms with E-state index >= 15 is 0 Å². The molecule has 0 N–H and O–H groups in total. The quantitative estimate of drug-likeness (QED) is 0.462. The maximum absolute atomic E-state index is 11.9. The molecule has 1 aromatic heterocycles. The van der Waals surface area contributed by atoms with E-state index in [9.17, 15) is 9.59 Å². The second kappa shape index (κ2) is 4.29. The van der Waals surface area contributed by atoms with E-state index in [0.717, 1.165) is 22.0 Å². The second-order valence-corrected chi connectivity index (χ2v) is 4.38. The van der Waals surface area contributed by atoms with E-state index in [1.165, 1.54) is 7.11 Å². The number of aromatic nitrogens is 1. The van der Waals surface area contributed by atoms with E-state index in [4.69, 9.17) is 0 Å². The number of ketones is 1. The summed E-state index contributed by atoms with van der Waals surface area (Å²) in [6, 6.07) is 3.82. The fraction of sp³-hybridized carbons (Fsp3) is 0.286. The van der Waals surface area contributed by atoms with E-state index in [1.54, 1.807) is 6.20 Å². The molecule has 0 bridgehead atoms. The summed E-state index contributed by atoms with van der Waals surface area (Å²) in [5.74, 6) is -1.44. The maximum atomic E-state index is 11.9. The van der Waals surface area contributed by atoms with Crippen molar-refractivity contribution in [1.82, 2.24) is 4.57 Å². The average Bonchev–Trinajstić information content (AvgIpc) is 2.69. The number of Topliss-reactive ketones (excluding diaryl/α,β-unsaturated/α-hetero) is 1. The molecule has 0 saturated heterocycles. The Balaban J connectivity index is 2.72. The monoisotopic (exact) mass is 245 g/mol. The first kappa shape index (κ1) is 12.4. The standard InChI is InChI=1S/C14H15NO3/c1-8-5-6-10-11(13(16)14(17)18-4)7-15(3)12(10)9(8)2/h5-7H,1-4H3. The minimum atomic E-state index is -0.833. The smallest absolute Gasteiger partial charge is 0.379 e. The first-order chi connectivity index (χ1) is 8.47. The van der Waals surface area contributed by atoms with Crippen molar-refractivity contribution in [3.05, 3.63) is 35.0 Å². The van der Waals surface area contributed by atoms with Crippen LogP contribution in [0, 0.1) is 13.8 Å². The number of methoxy groups -OCH3 is 1. The number of hydrogen-bond donors (Lipinski definition) is 0. The molecule has 0 saturated carbocycles. The molecule has 1 heterocycles. The number of benzene rings is 1. The molecule has 0 spiro atoms. The Bertz CT molecular complexity index is 653. The molecular weight excluding hydrogens is 230 g/mol. The lowest BCUT2D eigenvalue weighted by Gasteiger charge is -2.04. The van der Waals surface area contributed by atoms with Gasteiger partial charge in [-0.1, -0.05) is 12.1 Å². The lowest BCUT2D eigenvalue weighted by molar-refractivity contribution is -0.135. The molecule has 1 aromatic carbocycles. The summed E-state index contributed by atoms with van der Waals surface area (Å²) in [7, 11) is 3.07. The highest BCUT2D eigenvalue weighted by atomic mass is 16.5. The minimum absolute atomic E-state index is 0.391. The highest BCUT2D eigenvalue weighted by Gasteiger charge is 2.22. The summed E-state index contributed by atoms with van der Waals surface area (Å²) in [6.45, 7) is 4.02. The largest absolute Gasteiger partial charge is 0.463 e. The first-order valence-corrected chi connectivity index (χ1v) is 5.65. The van der Waals surface area contributed by atoms with E-state index in [0.29, 0.717) is 5.56 Å². The van der Waals surface area contributed by atoms with Gasteiger partial charge in [-0.25, -0.2) is 4.79 Å². The molecule has 4 nitrogen and oxygen atoms in total. The maximum Gasteiger partial charge on any atom is 0.379 e. The molecule has 2 rings (SSSR count). The van der Waals surface area contributed by atoms with Crippen LogP contribution in [0.3, 0.4) is 0 Å². The van der Waals surface area contributed by atoms with Crippen LogP contribution in [0.1, 0.15) is 21.5 Å². The number of aryl methyl sites for hydroxylation is 3. The number of rotatable bonds is 2. The summed E-state index contributed by atoms with van der Waals surface area (Å²) in [5.41, 5.74) is 3.63. The third kappa shape index (κ3) is 1.70. The van der Waals surface area contributed by atoms with Crippen LogP contribution in [-0.4, -0.2) is 23.4 Å². The molecule has 18 heavy (non-hydrogen) atoms. The van der Waals surface area contributed by atoms with Gasteiger partial charge in [0.25, 0.3) is 5.78 Å². The summed E-state index contributed by atoms with van der Waals surface area (Å²) in [6.07, 6.45) is 1.68. The Morgan fingerprint density at radius 1 is 1.22 bits per heavy atom. The van der Waals surface area contributed by atoms with Crippen LogP contribution in [0.4, 0.5) is 0 Å². The zero-order valence-corrected chi connectivity index (χ0v) is 10.9. The van der Waals surface area contributed by atoms with E-state index in [1.807, 2.05) is 37.6 Å². The van der Waals surface area contributed by atoms with Gasteiger partial charge in [0.2, 0.25) is 0 Å². The lowest BCUT2D eigenvalue weighted by Crippen LogP contribution is -2.15. The van der Waals surface area contributed by atoms with Gasteiger partial charge in [-0.05, 0) is 25.0 Å². The third-order valence-corrected chi connectivity index (χ3v) is 3.28. The highest BCUT2D eigenvalue weighted by Crippen LogP contribution is 2.26. The predicted molar refractivity (Wildman–Crippen MR) is 68.7 cm³/mol. The van der Waals surface area contributed by atoms with Gasteiger partial charge in [0.05, 0.1) is 18.2 Å². The molecule has 0 fully saturated rings. The first-order valence-electron chi connectivity index (χ1n) is 5.65. The Morgan fingerprint density at radius 2 is 1.89 bits per heavy atom. The molecule has 94 valence electrons. The van der Waals surface area contributed by atoms with Gasteiger partial charge < -0.3 is 9.30 Å². The molecule has 0 atom stereocenters. The van der Waals surface area contributed by atoms with Crippen LogP contribution in [0.25, 0.3) is 10.9 Å². The molecule has 4 heteroatoms. The summed E-state index contributed by atoms with van der Waals surface area (Å²) < 4.78 is 6.35. The number of fused-ring (bicyclic) bond motifs is 1. The SMILES string of the molecule is COC(=O)C(=O)c1cn(C)c2c(C)c(C)ccc12. The zero-order chi connectivity index (χ0) is 13.4. The van der Waals surface area contributed by atoms with Crippen LogP contribution in [-0.2, 0) is 16.6 Å². The molecular formula is C14H15NO3. The second-order valence-electron chi connectivity index (χ2n) is 4.38. The zero-order valence-electron chi connectivity index (χ0n) is 10.9. The van der Waals surface area contributed by atoms with Gasteiger partial charge >= 0.3 is 5.97 Å². The van der Waals surface area contributed by atoms with Gasteiger partial charge in [0.1, 0.15) is 0 Å². The number of ether oxygens (including phenoxy) is 1. The highest BCUT2D eigenvalue weighted by molar-refractivity contribution is 6.43. The molecule has 0 aliphatic carbocycles. The van der Waals surface area contributed by atoms with Gasteiger partial charge in [0.15, 0.2) is 0 Å². The Labute approximate surface area is 105 Å². The number of esters is 1. The van der Waals surface area contributed by atoms with Crippen molar-refractivity contribution in [2.75, 3.05) is 7.11 Å². The van der Waals surface area contributed by atoms with Crippen molar-refractivity contribution in [3.8, 4) is 0 Å². The third-order valence-electron chi connectivity index (χ3n) is 3.28. The molecule has 2 aromatic rings. The van der Waals surface area contributed by atoms with Gasteiger partial charge in [-0.3, -0.25) is 4.79 Å². The van der Waals surface area contributed by atoms with Crippen molar-refractivity contribution in [1.29, 1.82) is 0 Å². The van der Waals surface area contributed by atoms with E-state index < -0.39 is 11.8 Å². The molecule has 0 aliphatic heterocycles. The fourth-order valence-corrected chi connectivity index (χ4v) is 2.18. The summed E-state index contributed by atoms with van der Waals surface area (Å²) >= 11 is 0. The van der Waals surface area contributed by atoms with Gasteiger partial charge in [0, 0.05) is 18.6 Å². The van der Waals surface area contributed by atoms with Crippen LogP contribution in [0.2, 0.25) is 0 Å².